The molecule has 2 N–H and O–H groups in total. The summed E-state index contributed by atoms with van der Waals surface area (Å²) in [5.74, 6) is -1.26. The Morgan fingerprint density at radius 2 is 1.62 bits per heavy atom. The second-order valence-corrected chi connectivity index (χ2v) is 9.28. The third-order valence-electron chi connectivity index (χ3n) is 6.96. The zero-order valence-corrected chi connectivity index (χ0v) is 19.5. The zero-order valence-electron chi connectivity index (χ0n) is 19.5. The van der Waals surface area contributed by atoms with E-state index in [0.717, 1.165) is 12.8 Å². The molecular formula is C27H32N2O5. The number of aliphatic carboxylic acids is 1. The monoisotopic (exact) mass is 464 g/mol. The van der Waals surface area contributed by atoms with Gasteiger partial charge in [-0.3, -0.25) is 9.59 Å². The maximum absolute atomic E-state index is 12.3. The first-order valence-corrected chi connectivity index (χ1v) is 12.0. The summed E-state index contributed by atoms with van der Waals surface area (Å²) in [7, 11) is 0. The summed E-state index contributed by atoms with van der Waals surface area (Å²) >= 11 is 0. The maximum atomic E-state index is 12.3. The largest absolute Gasteiger partial charge is 0.481 e. The van der Waals surface area contributed by atoms with Crippen molar-refractivity contribution in [3.63, 3.8) is 0 Å². The molecule has 1 heterocycles. The first-order chi connectivity index (χ1) is 16.5. The number of benzene rings is 2. The minimum Gasteiger partial charge on any atom is -0.481 e. The number of ether oxygens (including phenoxy) is 1. The van der Waals surface area contributed by atoms with Crippen molar-refractivity contribution >= 4 is 18.0 Å². The standard InChI is InChI=1S/C27H32N2O5/c1-18-15-29(16-23(18)26(31)32)25(30)13-3-2-8-14-28-27(33)34-17-24-21-11-6-4-9-19(21)20-10-5-7-12-22(20)24/h4-7,9-12,18,23-24H,2-3,8,13-17H2,1H3,(H,28,33)(H,31,32). The van der Waals surface area contributed by atoms with Gasteiger partial charge in [-0.05, 0) is 41.0 Å². The maximum Gasteiger partial charge on any atom is 0.407 e. The number of hydrogen-bond acceptors (Lipinski definition) is 4. The molecule has 2 aromatic rings. The van der Waals surface area contributed by atoms with Crippen LogP contribution in [0.25, 0.3) is 11.1 Å². The number of nitrogens with zero attached hydrogens (tertiary/aromatic N) is 1. The molecule has 2 unspecified atom stereocenters. The van der Waals surface area contributed by atoms with Crippen LogP contribution in [0.15, 0.2) is 48.5 Å². The Hall–Kier alpha value is -3.35. The van der Waals surface area contributed by atoms with E-state index in [2.05, 4.69) is 29.6 Å². The molecular weight excluding hydrogens is 432 g/mol. The van der Waals surface area contributed by atoms with Crippen LogP contribution in [0.5, 0.6) is 0 Å². The van der Waals surface area contributed by atoms with Gasteiger partial charge in [0, 0.05) is 32.0 Å². The zero-order chi connectivity index (χ0) is 24.1. The van der Waals surface area contributed by atoms with Gasteiger partial charge in [0.05, 0.1) is 5.92 Å². The number of nitrogens with one attached hydrogen (secondary N) is 1. The summed E-state index contributed by atoms with van der Waals surface area (Å²) in [6.07, 6.45) is 2.26. The topological polar surface area (TPSA) is 95.9 Å². The second kappa shape index (κ2) is 10.7. The lowest BCUT2D eigenvalue weighted by molar-refractivity contribution is -0.142. The van der Waals surface area contributed by atoms with Crippen molar-refractivity contribution < 1.29 is 24.2 Å². The lowest BCUT2D eigenvalue weighted by atomic mass is 9.98. The summed E-state index contributed by atoms with van der Waals surface area (Å²) in [4.78, 5) is 37.4. The van der Waals surface area contributed by atoms with Crippen molar-refractivity contribution in [1.29, 1.82) is 0 Å². The summed E-state index contributed by atoms with van der Waals surface area (Å²) in [6.45, 7) is 3.48. The smallest absolute Gasteiger partial charge is 0.407 e. The van der Waals surface area contributed by atoms with Crippen LogP contribution in [0.1, 0.15) is 49.7 Å². The van der Waals surface area contributed by atoms with Crippen LogP contribution in [0.4, 0.5) is 4.79 Å². The lowest BCUT2D eigenvalue weighted by Gasteiger charge is -2.16. The van der Waals surface area contributed by atoms with Crippen LogP contribution in [0.2, 0.25) is 0 Å². The molecule has 1 fully saturated rings. The van der Waals surface area contributed by atoms with E-state index in [1.165, 1.54) is 22.3 Å². The molecule has 7 heteroatoms. The van der Waals surface area contributed by atoms with Crippen LogP contribution in [-0.2, 0) is 14.3 Å². The van der Waals surface area contributed by atoms with E-state index in [9.17, 15) is 19.5 Å². The predicted octanol–water partition coefficient (Wildman–Crippen LogP) is 4.26. The molecule has 0 saturated carbocycles. The molecule has 0 spiro atoms. The number of hydrogen-bond donors (Lipinski definition) is 2. The normalized spacial score (nSPS) is 18.9. The van der Waals surface area contributed by atoms with Gasteiger partial charge in [-0.15, -0.1) is 0 Å². The molecule has 1 aliphatic carbocycles. The average Bonchev–Trinajstić information content (AvgIpc) is 3.38. The number of likely N-dealkylation sites (tertiary alicyclic amines) is 1. The van der Waals surface area contributed by atoms with Crippen molar-refractivity contribution in [1.82, 2.24) is 10.2 Å². The van der Waals surface area contributed by atoms with Crippen molar-refractivity contribution in [2.24, 2.45) is 11.8 Å². The van der Waals surface area contributed by atoms with E-state index in [1.54, 1.807) is 4.90 Å². The molecule has 0 aromatic heterocycles. The highest BCUT2D eigenvalue weighted by molar-refractivity contribution is 5.79. The molecule has 7 nitrogen and oxygen atoms in total. The van der Waals surface area contributed by atoms with Gasteiger partial charge in [0.1, 0.15) is 6.61 Å². The quantitative estimate of drug-likeness (QED) is 0.541. The average molecular weight is 465 g/mol. The van der Waals surface area contributed by atoms with Crippen molar-refractivity contribution in [2.45, 2.75) is 38.5 Å². The number of unbranched alkanes of at least 4 members (excludes halogenated alkanes) is 2. The number of fused-ring (bicyclic) bond motifs is 3. The fourth-order valence-corrected chi connectivity index (χ4v) is 5.07. The van der Waals surface area contributed by atoms with Crippen molar-refractivity contribution in [2.75, 3.05) is 26.2 Å². The Labute approximate surface area is 200 Å². The Morgan fingerprint density at radius 3 is 2.24 bits per heavy atom. The number of carboxylic acid groups (broad SMARTS) is 1. The van der Waals surface area contributed by atoms with Crippen LogP contribution in [-0.4, -0.2) is 54.2 Å². The third-order valence-corrected chi connectivity index (χ3v) is 6.96. The van der Waals surface area contributed by atoms with E-state index in [-0.39, 0.29) is 17.7 Å². The number of carbonyl (C=O) groups excluding carboxylic acids is 2. The van der Waals surface area contributed by atoms with Crippen LogP contribution < -0.4 is 5.32 Å². The van der Waals surface area contributed by atoms with Gasteiger partial charge >= 0.3 is 12.1 Å². The van der Waals surface area contributed by atoms with Gasteiger partial charge in [0.2, 0.25) is 5.91 Å². The first-order valence-electron chi connectivity index (χ1n) is 12.0. The van der Waals surface area contributed by atoms with E-state index in [4.69, 9.17) is 4.74 Å². The molecule has 0 radical (unpaired) electrons. The third kappa shape index (κ3) is 5.24. The Kier molecular flexibility index (Phi) is 7.50. The van der Waals surface area contributed by atoms with Gasteiger partial charge in [-0.1, -0.05) is 61.9 Å². The molecule has 34 heavy (non-hydrogen) atoms. The molecule has 0 bridgehead atoms. The Bertz CT molecular complexity index is 1010. The SMILES string of the molecule is CC1CN(C(=O)CCCCCNC(=O)OCC2c3ccccc3-c3ccccc32)CC1C(=O)O. The van der Waals surface area contributed by atoms with Gasteiger partial charge in [-0.25, -0.2) is 4.79 Å². The molecule has 180 valence electrons. The highest BCUT2D eigenvalue weighted by atomic mass is 16.5. The predicted molar refractivity (Wildman–Crippen MR) is 128 cm³/mol. The van der Waals surface area contributed by atoms with Crippen molar-refractivity contribution in [3.05, 3.63) is 59.7 Å². The van der Waals surface area contributed by atoms with E-state index in [1.807, 2.05) is 31.2 Å². The molecule has 2 atom stereocenters. The summed E-state index contributed by atoms with van der Waals surface area (Å²) < 4.78 is 5.53. The van der Waals surface area contributed by atoms with E-state index < -0.39 is 18.0 Å². The molecule has 1 aliphatic heterocycles. The minimum absolute atomic E-state index is 0.0112. The van der Waals surface area contributed by atoms with Crippen LogP contribution >= 0.6 is 0 Å². The summed E-state index contributed by atoms with van der Waals surface area (Å²) in [5.41, 5.74) is 4.76. The van der Waals surface area contributed by atoms with E-state index >= 15 is 0 Å². The Morgan fingerprint density at radius 1 is 0.971 bits per heavy atom. The van der Waals surface area contributed by atoms with Crippen LogP contribution in [0.3, 0.4) is 0 Å². The highest BCUT2D eigenvalue weighted by Crippen LogP contribution is 2.44. The second-order valence-electron chi connectivity index (χ2n) is 9.28. The molecule has 2 aliphatic rings. The van der Waals surface area contributed by atoms with Crippen LogP contribution in [0, 0.1) is 11.8 Å². The van der Waals surface area contributed by atoms with Gasteiger partial charge in [0.25, 0.3) is 0 Å². The van der Waals surface area contributed by atoms with Gasteiger partial charge in [0.15, 0.2) is 0 Å². The molecule has 4 rings (SSSR count). The fraction of sp³-hybridized carbons (Fsp3) is 0.444. The fourth-order valence-electron chi connectivity index (χ4n) is 5.07. The number of carboxylic acids is 1. The number of alkyl carbamates (subject to hydrolysis) is 1. The van der Waals surface area contributed by atoms with E-state index in [0.29, 0.717) is 39.1 Å². The van der Waals surface area contributed by atoms with Gasteiger partial charge in [-0.2, -0.15) is 0 Å². The highest BCUT2D eigenvalue weighted by Gasteiger charge is 2.36. The Balaban J connectivity index is 1.13. The number of amides is 2. The number of carbonyl (C=O) groups is 3. The molecule has 2 aromatic carbocycles. The van der Waals surface area contributed by atoms with Crippen molar-refractivity contribution in [3.8, 4) is 11.1 Å². The van der Waals surface area contributed by atoms with Gasteiger partial charge < -0.3 is 20.1 Å². The summed E-state index contributed by atoms with van der Waals surface area (Å²) in [6, 6.07) is 16.5. The number of rotatable bonds is 9. The minimum atomic E-state index is -0.831. The molecule has 2 amide bonds. The summed E-state index contributed by atoms with van der Waals surface area (Å²) in [5, 5.41) is 12.0. The lowest BCUT2D eigenvalue weighted by Crippen LogP contribution is -2.29. The first kappa shape index (κ1) is 23.8. The molecule has 1 saturated heterocycles.